The summed E-state index contributed by atoms with van der Waals surface area (Å²) in [6, 6.07) is 3.72. The number of nitrogens with zero attached hydrogens (tertiary/aromatic N) is 3. The smallest absolute Gasteiger partial charge is 0.223 e. The van der Waals surface area contributed by atoms with Crippen LogP contribution in [0.1, 0.15) is 49.7 Å². The van der Waals surface area contributed by atoms with Crippen molar-refractivity contribution in [1.29, 1.82) is 0 Å². The van der Waals surface area contributed by atoms with Crippen molar-refractivity contribution in [3.05, 3.63) is 35.8 Å². The first-order valence-corrected chi connectivity index (χ1v) is 7.97. The predicted octanol–water partition coefficient (Wildman–Crippen LogP) is 2.05. The van der Waals surface area contributed by atoms with Gasteiger partial charge in [0.2, 0.25) is 5.91 Å². The number of amides is 1. The molecule has 1 N–H and O–H groups in total. The van der Waals surface area contributed by atoms with Crippen LogP contribution in [-0.4, -0.2) is 45.7 Å². The van der Waals surface area contributed by atoms with E-state index in [1.807, 2.05) is 30.9 Å². The van der Waals surface area contributed by atoms with Crippen LogP contribution < -0.4 is 0 Å². The van der Waals surface area contributed by atoms with Crippen LogP contribution >= 0.6 is 0 Å². The maximum atomic E-state index is 12.4. The molecule has 0 aromatic carbocycles. The van der Waals surface area contributed by atoms with Crippen LogP contribution in [0.15, 0.2) is 22.8 Å². The molecule has 2 aromatic heterocycles. The number of carbonyl (C=O) groups excluding carboxylic acids is 1. The van der Waals surface area contributed by atoms with Crippen LogP contribution in [0, 0.1) is 0 Å². The zero-order valence-corrected chi connectivity index (χ0v) is 13.5. The van der Waals surface area contributed by atoms with Crippen LogP contribution in [0.25, 0.3) is 0 Å². The molecule has 0 aliphatic carbocycles. The van der Waals surface area contributed by atoms with Crippen LogP contribution in [0.2, 0.25) is 0 Å². The van der Waals surface area contributed by atoms with E-state index in [1.165, 1.54) is 0 Å². The van der Waals surface area contributed by atoms with Gasteiger partial charge >= 0.3 is 0 Å². The standard InChI is InChI=1S/C16H22N4O3/c1-11(2)15-17-16(19-18-15)13-10-20(7-9-23-13)14(21)6-5-12-4-3-8-22-12/h3-4,8,11,13H,5-7,9-10H2,1-2H3,(H,17,18,19)/t13-/m1/s1. The number of aryl methyl sites for hydroxylation is 1. The molecule has 0 spiro atoms. The number of furan rings is 1. The highest BCUT2D eigenvalue weighted by molar-refractivity contribution is 5.76. The number of hydrogen-bond donors (Lipinski definition) is 1. The monoisotopic (exact) mass is 318 g/mol. The lowest BCUT2D eigenvalue weighted by Crippen LogP contribution is -2.42. The Morgan fingerprint density at radius 3 is 3.09 bits per heavy atom. The molecule has 1 atom stereocenters. The third-order valence-corrected chi connectivity index (χ3v) is 3.93. The van der Waals surface area contributed by atoms with E-state index in [0.717, 1.165) is 11.6 Å². The molecule has 1 amide bonds. The second kappa shape index (κ2) is 6.95. The Morgan fingerprint density at radius 1 is 1.52 bits per heavy atom. The fraction of sp³-hybridized carbons (Fsp3) is 0.562. The van der Waals surface area contributed by atoms with Gasteiger partial charge in [-0.1, -0.05) is 13.8 Å². The van der Waals surface area contributed by atoms with Gasteiger partial charge in [-0.15, -0.1) is 0 Å². The summed E-state index contributed by atoms with van der Waals surface area (Å²) < 4.78 is 11.0. The highest BCUT2D eigenvalue weighted by Gasteiger charge is 2.27. The number of aromatic nitrogens is 3. The van der Waals surface area contributed by atoms with E-state index in [0.29, 0.717) is 38.4 Å². The lowest BCUT2D eigenvalue weighted by atomic mass is 10.2. The molecule has 1 fully saturated rings. The second-order valence-corrected chi connectivity index (χ2v) is 6.01. The van der Waals surface area contributed by atoms with Crippen molar-refractivity contribution in [2.24, 2.45) is 0 Å². The van der Waals surface area contributed by atoms with E-state index in [9.17, 15) is 4.79 Å². The molecule has 2 aromatic rings. The molecule has 7 heteroatoms. The van der Waals surface area contributed by atoms with Gasteiger partial charge in [0.15, 0.2) is 11.6 Å². The van der Waals surface area contributed by atoms with E-state index < -0.39 is 0 Å². The summed E-state index contributed by atoms with van der Waals surface area (Å²) >= 11 is 0. The van der Waals surface area contributed by atoms with Gasteiger partial charge in [-0.2, -0.15) is 5.10 Å². The topological polar surface area (TPSA) is 84.2 Å². The van der Waals surface area contributed by atoms with Crippen molar-refractivity contribution in [2.75, 3.05) is 19.7 Å². The highest BCUT2D eigenvalue weighted by Crippen LogP contribution is 2.21. The Balaban J connectivity index is 1.57. The van der Waals surface area contributed by atoms with Gasteiger partial charge < -0.3 is 14.1 Å². The molecule has 124 valence electrons. The predicted molar refractivity (Wildman–Crippen MR) is 82.8 cm³/mol. The Hall–Kier alpha value is -2.15. The first-order valence-electron chi connectivity index (χ1n) is 7.97. The summed E-state index contributed by atoms with van der Waals surface area (Å²) in [5.74, 6) is 2.66. The van der Waals surface area contributed by atoms with Gasteiger partial charge in [0, 0.05) is 25.3 Å². The number of morpholine rings is 1. The minimum atomic E-state index is -0.240. The summed E-state index contributed by atoms with van der Waals surface area (Å²) in [6.07, 6.45) is 2.44. The molecule has 23 heavy (non-hydrogen) atoms. The highest BCUT2D eigenvalue weighted by atomic mass is 16.5. The minimum absolute atomic E-state index is 0.110. The third-order valence-electron chi connectivity index (χ3n) is 3.93. The van der Waals surface area contributed by atoms with Crippen molar-refractivity contribution in [3.8, 4) is 0 Å². The Kier molecular flexibility index (Phi) is 4.76. The molecular weight excluding hydrogens is 296 g/mol. The van der Waals surface area contributed by atoms with Gasteiger partial charge in [0.1, 0.15) is 11.9 Å². The molecular formula is C16H22N4O3. The number of hydrogen-bond acceptors (Lipinski definition) is 5. The van der Waals surface area contributed by atoms with Crippen LogP contribution in [0.4, 0.5) is 0 Å². The fourth-order valence-electron chi connectivity index (χ4n) is 2.57. The zero-order valence-electron chi connectivity index (χ0n) is 13.5. The number of H-pyrrole nitrogens is 1. The molecule has 0 radical (unpaired) electrons. The Morgan fingerprint density at radius 2 is 2.39 bits per heavy atom. The van der Waals surface area contributed by atoms with Crippen molar-refractivity contribution in [2.45, 2.75) is 38.7 Å². The third kappa shape index (κ3) is 3.79. The fourth-order valence-corrected chi connectivity index (χ4v) is 2.57. The van der Waals surface area contributed by atoms with Crippen LogP contribution in [-0.2, 0) is 16.0 Å². The molecule has 0 unspecified atom stereocenters. The number of aromatic amines is 1. The summed E-state index contributed by atoms with van der Waals surface area (Å²) in [5, 5.41) is 7.13. The van der Waals surface area contributed by atoms with Crippen LogP contribution in [0.5, 0.6) is 0 Å². The summed E-state index contributed by atoms with van der Waals surface area (Å²) in [4.78, 5) is 18.7. The first-order chi connectivity index (χ1) is 11.1. The van der Waals surface area contributed by atoms with E-state index in [2.05, 4.69) is 15.2 Å². The quantitative estimate of drug-likeness (QED) is 0.912. The molecule has 1 aliphatic heterocycles. The van der Waals surface area contributed by atoms with Crippen molar-refractivity contribution in [1.82, 2.24) is 20.1 Å². The molecule has 0 bridgehead atoms. The van der Waals surface area contributed by atoms with Gasteiger partial charge in [-0.05, 0) is 12.1 Å². The summed E-state index contributed by atoms with van der Waals surface area (Å²) in [5.41, 5.74) is 0. The van der Waals surface area contributed by atoms with Gasteiger partial charge in [-0.25, -0.2) is 4.98 Å². The molecule has 7 nitrogen and oxygen atoms in total. The normalized spacial score (nSPS) is 18.6. The number of nitrogens with one attached hydrogen (secondary N) is 1. The van der Waals surface area contributed by atoms with Crippen molar-refractivity contribution >= 4 is 5.91 Å². The van der Waals surface area contributed by atoms with Crippen LogP contribution in [0.3, 0.4) is 0 Å². The average molecular weight is 318 g/mol. The molecule has 3 heterocycles. The lowest BCUT2D eigenvalue weighted by Gasteiger charge is -2.31. The van der Waals surface area contributed by atoms with Gasteiger partial charge in [0.25, 0.3) is 0 Å². The SMILES string of the molecule is CC(C)c1n[nH]c([C@H]2CN(C(=O)CCc3ccco3)CCO2)n1. The average Bonchev–Trinajstić information content (AvgIpc) is 3.24. The van der Waals surface area contributed by atoms with E-state index in [1.54, 1.807) is 6.26 Å². The molecule has 0 saturated carbocycles. The summed E-state index contributed by atoms with van der Waals surface area (Å²) in [6.45, 7) is 5.70. The zero-order chi connectivity index (χ0) is 16.2. The van der Waals surface area contributed by atoms with E-state index in [4.69, 9.17) is 9.15 Å². The number of carbonyl (C=O) groups is 1. The number of rotatable bonds is 5. The first kappa shape index (κ1) is 15.7. The minimum Gasteiger partial charge on any atom is -0.469 e. The largest absolute Gasteiger partial charge is 0.469 e. The molecule has 1 aliphatic rings. The van der Waals surface area contributed by atoms with Crippen molar-refractivity contribution in [3.63, 3.8) is 0 Å². The van der Waals surface area contributed by atoms with Gasteiger partial charge in [0.05, 0.1) is 19.4 Å². The van der Waals surface area contributed by atoms with E-state index in [-0.39, 0.29) is 17.9 Å². The Bertz CT molecular complexity index is 636. The molecule has 3 rings (SSSR count). The number of ether oxygens (including phenoxy) is 1. The van der Waals surface area contributed by atoms with Gasteiger partial charge in [-0.3, -0.25) is 9.89 Å². The summed E-state index contributed by atoms with van der Waals surface area (Å²) in [7, 11) is 0. The second-order valence-electron chi connectivity index (χ2n) is 6.01. The lowest BCUT2D eigenvalue weighted by molar-refractivity contribution is -0.139. The van der Waals surface area contributed by atoms with Crippen molar-refractivity contribution < 1.29 is 13.9 Å². The molecule has 1 saturated heterocycles. The Labute approximate surface area is 135 Å². The maximum absolute atomic E-state index is 12.4. The van der Waals surface area contributed by atoms with E-state index >= 15 is 0 Å². The maximum Gasteiger partial charge on any atom is 0.223 e.